The number of hydrogen-bond donors (Lipinski definition) is 1. The topological polar surface area (TPSA) is 112 Å². The van der Waals surface area contributed by atoms with E-state index < -0.39 is 10.8 Å². The van der Waals surface area contributed by atoms with Crippen molar-refractivity contribution in [1.29, 1.82) is 0 Å². The third kappa shape index (κ3) is 3.00. The van der Waals surface area contributed by atoms with E-state index in [1.165, 1.54) is 22.7 Å². The number of carbonyl (C=O) groups is 1. The minimum atomic E-state index is -0.580. The highest BCUT2D eigenvalue weighted by molar-refractivity contribution is 6.04. The standard InChI is InChI=1S/C15H13N5O4/c1-2-24-10-4-5-11(13(8-10)20(22)23)17-15(21)12-9-14-16-6-3-7-19(14)18-12/h3-9H,2H2,1H3,(H,17,21). The van der Waals surface area contributed by atoms with Gasteiger partial charge in [-0.15, -0.1) is 0 Å². The molecule has 9 heteroatoms. The van der Waals surface area contributed by atoms with Crippen LogP contribution in [0.25, 0.3) is 5.65 Å². The molecule has 1 amide bonds. The number of nitro benzene ring substituents is 1. The number of fused-ring (bicyclic) bond motifs is 1. The molecule has 0 aliphatic heterocycles. The molecule has 3 aromatic rings. The maximum atomic E-state index is 12.3. The smallest absolute Gasteiger partial charge is 0.296 e. The van der Waals surface area contributed by atoms with Crippen LogP contribution in [0, 0.1) is 10.1 Å². The second kappa shape index (κ2) is 6.32. The van der Waals surface area contributed by atoms with Gasteiger partial charge in [-0.3, -0.25) is 14.9 Å². The highest BCUT2D eigenvalue weighted by atomic mass is 16.6. The fourth-order valence-electron chi connectivity index (χ4n) is 2.15. The number of ether oxygens (including phenoxy) is 1. The number of benzene rings is 1. The van der Waals surface area contributed by atoms with Gasteiger partial charge < -0.3 is 10.1 Å². The summed E-state index contributed by atoms with van der Waals surface area (Å²) in [5, 5.41) is 17.8. The molecule has 0 aliphatic carbocycles. The van der Waals surface area contributed by atoms with E-state index in [1.807, 2.05) is 0 Å². The summed E-state index contributed by atoms with van der Waals surface area (Å²) in [5.74, 6) is -0.202. The van der Waals surface area contributed by atoms with Crippen LogP contribution in [0.2, 0.25) is 0 Å². The second-order valence-corrected chi connectivity index (χ2v) is 4.78. The van der Waals surface area contributed by atoms with Crippen LogP contribution >= 0.6 is 0 Å². The van der Waals surface area contributed by atoms with Gasteiger partial charge in [0.2, 0.25) is 0 Å². The van der Waals surface area contributed by atoms with Gasteiger partial charge in [-0.05, 0) is 25.1 Å². The van der Waals surface area contributed by atoms with Gasteiger partial charge in [0, 0.05) is 18.5 Å². The molecule has 0 spiro atoms. The second-order valence-electron chi connectivity index (χ2n) is 4.78. The Hall–Kier alpha value is -3.49. The van der Waals surface area contributed by atoms with Crippen molar-refractivity contribution in [2.75, 3.05) is 11.9 Å². The Kier molecular flexibility index (Phi) is 4.06. The van der Waals surface area contributed by atoms with E-state index in [0.717, 1.165) is 0 Å². The molecular formula is C15H13N5O4. The van der Waals surface area contributed by atoms with Crippen LogP contribution in [0.15, 0.2) is 42.7 Å². The van der Waals surface area contributed by atoms with E-state index in [9.17, 15) is 14.9 Å². The van der Waals surface area contributed by atoms with E-state index in [0.29, 0.717) is 18.0 Å². The SMILES string of the molecule is CCOc1ccc(NC(=O)c2cc3ncccn3n2)c([N+](=O)[O-])c1. The summed E-state index contributed by atoms with van der Waals surface area (Å²) >= 11 is 0. The fraction of sp³-hybridized carbons (Fsp3) is 0.133. The van der Waals surface area contributed by atoms with Crippen LogP contribution in [0.5, 0.6) is 5.75 Å². The lowest BCUT2D eigenvalue weighted by Crippen LogP contribution is -2.14. The number of amides is 1. The van der Waals surface area contributed by atoms with Crippen LogP contribution in [0.1, 0.15) is 17.4 Å². The van der Waals surface area contributed by atoms with E-state index in [1.54, 1.807) is 31.5 Å². The van der Waals surface area contributed by atoms with Gasteiger partial charge in [-0.2, -0.15) is 5.10 Å². The molecule has 122 valence electrons. The Morgan fingerprint density at radius 3 is 2.96 bits per heavy atom. The van der Waals surface area contributed by atoms with Gasteiger partial charge in [0.15, 0.2) is 11.3 Å². The van der Waals surface area contributed by atoms with E-state index in [4.69, 9.17) is 4.74 Å². The molecule has 2 aromatic heterocycles. The lowest BCUT2D eigenvalue weighted by Gasteiger charge is -2.07. The van der Waals surface area contributed by atoms with Crippen molar-refractivity contribution in [2.24, 2.45) is 0 Å². The molecule has 0 aliphatic rings. The number of rotatable bonds is 5. The van der Waals surface area contributed by atoms with Gasteiger partial charge in [-0.25, -0.2) is 9.50 Å². The summed E-state index contributed by atoms with van der Waals surface area (Å²) in [6.07, 6.45) is 3.23. The molecule has 9 nitrogen and oxygen atoms in total. The van der Waals surface area contributed by atoms with Crippen molar-refractivity contribution >= 4 is 22.9 Å². The summed E-state index contributed by atoms with van der Waals surface area (Å²) in [6, 6.07) is 7.42. The van der Waals surface area contributed by atoms with Crippen molar-refractivity contribution in [3.8, 4) is 5.75 Å². The normalized spacial score (nSPS) is 10.5. The minimum Gasteiger partial charge on any atom is -0.494 e. The molecular weight excluding hydrogens is 314 g/mol. The molecule has 0 atom stereocenters. The van der Waals surface area contributed by atoms with Crippen molar-refractivity contribution < 1.29 is 14.5 Å². The molecule has 0 saturated carbocycles. The van der Waals surface area contributed by atoms with Crippen LogP contribution in [-0.2, 0) is 0 Å². The third-order valence-corrected chi connectivity index (χ3v) is 3.19. The first kappa shape index (κ1) is 15.4. The van der Waals surface area contributed by atoms with E-state index >= 15 is 0 Å². The summed E-state index contributed by atoms with van der Waals surface area (Å²) in [6.45, 7) is 2.16. The molecule has 0 bridgehead atoms. The zero-order valence-electron chi connectivity index (χ0n) is 12.7. The lowest BCUT2D eigenvalue weighted by atomic mass is 10.2. The molecule has 24 heavy (non-hydrogen) atoms. The third-order valence-electron chi connectivity index (χ3n) is 3.19. The average Bonchev–Trinajstić information content (AvgIpc) is 3.00. The van der Waals surface area contributed by atoms with Gasteiger partial charge in [0.1, 0.15) is 11.4 Å². The van der Waals surface area contributed by atoms with Gasteiger partial charge in [0.05, 0.1) is 17.6 Å². The van der Waals surface area contributed by atoms with Crippen LogP contribution < -0.4 is 10.1 Å². The summed E-state index contributed by atoms with van der Waals surface area (Å²) in [5.41, 5.74) is 0.426. The Morgan fingerprint density at radius 1 is 1.42 bits per heavy atom. The molecule has 1 N–H and O–H groups in total. The summed E-state index contributed by atoms with van der Waals surface area (Å²) in [4.78, 5) is 27.0. The number of hydrogen-bond acceptors (Lipinski definition) is 6. The van der Waals surface area contributed by atoms with Gasteiger partial charge in [0.25, 0.3) is 11.6 Å². The predicted octanol–water partition coefficient (Wildman–Crippen LogP) is 2.29. The highest BCUT2D eigenvalue weighted by Gasteiger charge is 2.19. The molecule has 2 heterocycles. The van der Waals surface area contributed by atoms with Crippen LogP contribution in [-0.4, -0.2) is 32.0 Å². The first-order valence-electron chi connectivity index (χ1n) is 7.11. The lowest BCUT2D eigenvalue weighted by molar-refractivity contribution is -0.384. The Balaban J connectivity index is 1.89. The Labute approximate surface area is 136 Å². The predicted molar refractivity (Wildman–Crippen MR) is 85.2 cm³/mol. The maximum absolute atomic E-state index is 12.3. The van der Waals surface area contributed by atoms with E-state index in [2.05, 4.69) is 15.4 Å². The molecule has 0 fully saturated rings. The molecule has 0 radical (unpaired) electrons. The number of nitrogens with one attached hydrogen (secondary N) is 1. The Bertz CT molecular complexity index is 888. The molecule has 0 saturated heterocycles. The number of aromatic nitrogens is 3. The van der Waals surface area contributed by atoms with Crippen molar-refractivity contribution in [3.05, 3.63) is 58.5 Å². The Morgan fingerprint density at radius 2 is 2.25 bits per heavy atom. The van der Waals surface area contributed by atoms with Crippen molar-refractivity contribution in [1.82, 2.24) is 14.6 Å². The number of carbonyl (C=O) groups excluding carboxylic acids is 1. The maximum Gasteiger partial charge on any atom is 0.296 e. The largest absolute Gasteiger partial charge is 0.494 e. The van der Waals surface area contributed by atoms with E-state index in [-0.39, 0.29) is 17.1 Å². The van der Waals surface area contributed by atoms with Crippen LogP contribution in [0.3, 0.4) is 0 Å². The number of nitrogens with zero attached hydrogens (tertiary/aromatic N) is 4. The zero-order chi connectivity index (χ0) is 17.1. The van der Waals surface area contributed by atoms with Gasteiger partial charge in [-0.1, -0.05) is 0 Å². The van der Waals surface area contributed by atoms with Gasteiger partial charge >= 0.3 is 0 Å². The first-order chi connectivity index (χ1) is 11.6. The molecule has 1 aromatic carbocycles. The fourth-order valence-corrected chi connectivity index (χ4v) is 2.15. The summed E-state index contributed by atoms with van der Waals surface area (Å²) < 4.78 is 6.69. The highest BCUT2D eigenvalue weighted by Crippen LogP contribution is 2.29. The van der Waals surface area contributed by atoms with Crippen molar-refractivity contribution in [3.63, 3.8) is 0 Å². The minimum absolute atomic E-state index is 0.0680. The summed E-state index contributed by atoms with van der Waals surface area (Å²) in [7, 11) is 0. The number of anilines is 1. The first-order valence-corrected chi connectivity index (χ1v) is 7.11. The zero-order valence-corrected chi connectivity index (χ0v) is 12.7. The van der Waals surface area contributed by atoms with Crippen molar-refractivity contribution in [2.45, 2.75) is 6.92 Å². The molecule has 3 rings (SSSR count). The van der Waals surface area contributed by atoms with Crippen LogP contribution in [0.4, 0.5) is 11.4 Å². The average molecular weight is 327 g/mol. The molecule has 0 unspecified atom stereocenters. The quantitative estimate of drug-likeness (QED) is 0.568. The number of nitro groups is 1. The monoisotopic (exact) mass is 327 g/mol.